The number of nitrogens with one attached hydrogen (secondary N) is 2. The monoisotopic (exact) mass is 475 g/mol. The predicted molar refractivity (Wildman–Crippen MR) is 125 cm³/mol. The zero-order chi connectivity index (χ0) is 23.8. The largest absolute Gasteiger partial charge is 0.416 e. The molecule has 1 aliphatic heterocycles. The van der Waals surface area contributed by atoms with Crippen LogP contribution in [0.5, 0.6) is 0 Å². The molecule has 6 nitrogen and oxygen atoms in total. The fourth-order valence-corrected chi connectivity index (χ4v) is 4.33. The van der Waals surface area contributed by atoms with Gasteiger partial charge < -0.3 is 5.32 Å². The minimum absolute atomic E-state index is 0.139. The quantitative estimate of drug-likeness (QED) is 0.452. The number of anilines is 3. The lowest BCUT2D eigenvalue weighted by molar-refractivity contribution is -0.137. The van der Waals surface area contributed by atoms with Crippen molar-refractivity contribution in [1.82, 2.24) is 9.97 Å². The summed E-state index contributed by atoms with van der Waals surface area (Å²) in [4.78, 5) is 23.7. The minimum atomic E-state index is -4.45. The number of fused-ring (bicyclic) bond motifs is 1. The molecule has 0 saturated heterocycles. The second-order valence-electron chi connectivity index (χ2n) is 8.80. The third kappa shape index (κ3) is 5.11. The molecule has 0 spiro atoms. The maximum atomic E-state index is 13.2. The van der Waals surface area contributed by atoms with Gasteiger partial charge in [-0.3, -0.25) is 10.2 Å². The summed E-state index contributed by atoms with van der Waals surface area (Å²) in [6.45, 7) is 7.19. The number of halogens is 3. The Morgan fingerprint density at radius 3 is 2.64 bits per heavy atom. The molecule has 10 heteroatoms. The number of pyridine rings is 1. The van der Waals surface area contributed by atoms with Gasteiger partial charge in [-0.15, -0.1) is 11.3 Å². The molecule has 0 unspecified atom stereocenters. The van der Waals surface area contributed by atoms with E-state index < -0.39 is 11.7 Å². The molecule has 174 valence electrons. The van der Waals surface area contributed by atoms with Crippen molar-refractivity contribution in [3.63, 3.8) is 0 Å². The number of nitrogens with zero attached hydrogens (tertiary/aromatic N) is 3. The fourth-order valence-electron chi connectivity index (χ4n) is 3.41. The molecule has 0 bridgehead atoms. The van der Waals surface area contributed by atoms with Crippen LogP contribution in [0, 0.1) is 0 Å². The van der Waals surface area contributed by atoms with Crippen LogP contribution < -0.4 is 15.5 Å². The molecule has 2 amide bonds. The first-order valence-electron chi connectivity index (χ1n) is 10.5. The van der Waals surface area contributed by atoms with Gasteiger partial charge in [0.15, 0.2) is 10.9 Å². The first-order valence-corrected chi connectivity index (χ1v) is 11.4. The molecule has 4 rings (SSSR count). The predicted octanol–water partition coefficient (Wildman–Crippen LogP) is 6.38. The van der Waals surface area contributed by atoms with Crippen LogP contribution >= 0.6 is 11.3 Å². The Morgan fingerprint density at radius 2 is 1.94 bits per heavy atom. The summed E-state index contributed by atoms with van der Waals surface area (Å²) in [5, 5.41) is 8.47. The summed E-state index contributed by atoms with van der Waals surface area (Å²) in [7, 11) is 0. The average molecular weight is 476 g/mol. The number of hydrogen-bond donors (Lipinski definition) is 2. The standard InChI is InChI=1S/C23H24F3N5OS/c1-22(2,3)18-13-33-20(29-18)30-21(32)31-11-5-10-27-17-9-8-16(28-19(17)31)14-6-4-7-15(12-14)23(24,25)26/h4,6-9,12-13,27H,5,10-11H2,1-3H3,(H,29,30,32). The number of carbonyl (C=O) groups excluding carboxylic acids is 1. The van der Waals surface area contributed by atoms with Gasteiger partial charge in [0.1, 0.15) is 0 Å². The van der Waals surface area contributed by atoms with Gasteiger partial charge in [0.25, 0.3) is 0 Å². The zero-order valence-electron chi connectivity index (χ0n) is 18.5. The van der Waals surface area contributed by atoms with E-state index in [1.807, 2.05) is 26.2 Å². The molecule has 0 atom stereocenters. The molecule has 1 aromatic carbocycles. The van der Waals surface area contributed by atoms with E-state index in [0.717, 1.165) is 17.8 Å². The highest BCUT2D eigenvalue weighted by atomic mass is 32.1. The van der Waals surface area contributed by atoms with Crippen LogP contribution in [0.2, 0.25) is 0 Å². The molecule has 2 aromatic heterocycles. The van der Waals surface area contributed by atoms with Crippen LogP contribution in [0.3, 0.4) is 0 Å². The molecular weight excluding hydrogens is 451 g/mol. The Morgan fingerprint density at radius 1 is 1.15 bits per heavy atom. The highest BCUT2D eigenvalue weighted by Gasteiger charge is 2.31. The SMILES string of the molecule is CC(C)(C)c1csc(NC(=O)N2CCCNc3ccc(-c4cccc(C(F)(F)F)c4)nc32)n1. The van der Waals surface area contributed by atoms with Gasteiger partial charge in [0, 0.05) is 29.4 Å². The summed E-state index contributed by atoms with van der Waals surface area (Å²) in [6, 6.07) is 8.01. The molecule has 0 radical (unpaired) electrons. The van der Waals surface area contributed by atoms with Crippen LogP contribution in [0.4, 0.5) is 34.6 Å². The molecule has 33 heavy (non-hydrogen) atoms. The summed E-state index contributed by atoms with van der Waals surface area (Å²) >= 11 is 1.35. The smallest absolute Gasteiger partial charge is 0.382 e. The summed E-state index contributed by atoms with van der Waals surface area (Å²) in [5.74, 6) is 0.368. The first kappa shape index (κ1) is 23.0. The lowest BCUT2D eigenvalue weighted by atomic mass is 9.93. The van der Waals surface area contributed by atoms with Gasteiger partial charge in [0.05, 0.1) is 22.6 Å². The zero-order valence-corrected chi connectivity index (χ0v) is 19.3. The van der Waals surface area contributed by atoms with Crippen molar-refractivity contribution >= 4 is 34.0 Å². The Balaban J connectivity index is 1.65. The van der Waals surface area contributed by atoms with Gasteiger partial charge in [-0.25, -0.2) is 14.8 Å². The number of urea groups is 1. The summed E-state index contributed by atoms with van der Waals surface area (Å²) in [5.41, 5.74) is 1.32. The Bertz CT molecular complexity index is 1170. The third-order valence-corrected chi connectivity index (χ3v) is 5.98. The average Bonchev–Trinajstić information content (AvgIpc) is 3.12. The van der Waals surface area contributed by atoms with E-state index in [-0.39, 0.29) is 11.4 Å². The Hall–Kier alpha value is -3.14. The Labute approximate surface area is 193 Å². The lowest BCUT2D eigenvalue weighted by Crippen LogP contribution is -2.36. The number of hydrogen-bond acceptors (Lipinski definition) is 5. The van der Waals surface area contributed by atoms with Gasteiger partial charge >= 0.3 is 12.2 Å². The molecule has 3 aromatic rings. The van der Waals surface area contributed by atoms with Crippen molar-refractivity contribution in [2.45, 2.75) is 38.8 Å². The number of thiazole rings is 1. The highest BCUT2D eigenvalue weighted by molar-refractivity contribution is 7.14. The summed E-state index contributed by atoms with van der Waals surface area (Å²) < 4.78 is 39.5. The van der Waals surface area contributed by atoms with Crippen molar-refractivity contribution in [2.75, 3.05) is 28.6 Å². The summed E-state index contributed by atoms with van der Waals surface area (Å²) in [6.07, 6.45) is -3.76. The van der Waals surface area contributed by atoms with Gasteiger partial charge in [-0.05, 0) is 30.7 Å². The maximum Gasteiger partial charge on any atom is 0.416 e. The van der Waals surface area contributed by atoms with Crippen molar-refractivity contribution < 1.29 is 18.0 Å². The van der Waals surface area contributed by atoms with Crippen LogP contribution in [0.1, 0.15) is 38.4 Å². The van der Waals surface area contributed by atoms with E-state index in [4.69, 9.17) is 0 Å². The van der Waals surface area contributed by atoms with E-state index in [1.54, 1.807) is 18.2 Å². The number of aromatic nitrogens is 2. The highest BCUT2D eigenvalue weighted by Crippen LogP contribution is 2.34. The van der Waals surface area contributed by atoms with Gasteiger partial charge in [0.2, 0.25) is 0 Å². The van der Waals surface area contributed by atoms with E-state index >= 15 is 0 Å². The molecular formula is C23H24F3N5OS. The van der Waals surface area contributed by atoms with E-state index in [2.05, 4.69) is 20.6 Å². The maximum absolute atomic E-state index is 13.2. The number of alkyl halides is 3. The van der Waals surface area contributed by atoms with Crippen molar-refractivity contribution in [2.24, 2.45) is 0 Å². The number of rotatable bonds is 2. The molecule has 0 saturated carbocycles. The molecule has 1 aliphatic rings. The van der Waals surface area contributed by atoms with E-state index in [0.29, 0.717) is 47.4 Å². The van der Waals surface area contributed by atoms with E-state index in [9.17, 15) is 18.0 Å². The van der Waals surface area contributed by atoms with Crippen LogP contribution in [-0.4, -0.2) is 29.1 Å². The number of carbonyl (C=O) groups is 1. The number of benzene rings is 1. The molecule has 2 N–H and O–H groups in total. The molecule has 3 heterocycles. The molecule has 0 fully saturated rings. The lowest BCUT2D eigenvalue weighted by Gasteiger charge is -2.22. The van der Waals surface area contributed by atoms with Crippen molar-refractivity contribution in [3.8, 4) is 11.3 Å². The fraction of sp³-hybridized carbons (Fsp3) is 0.348. The third-order valence-electron chi connectivity index (χ3n) is 5.22. The van der Waals surface area contributed by atoms with Crippen LogP contribution in [0.25, 0.3) is 11.3 Å². The second kappa shape index (κ2) is 8.66. The van der Waals surface area contributed by atoms with Gasteiger partial charge in [-0.2, -0.15) is 13.2 Å². The van der Waals surface area contributed by atoms with Crippen molar-refractivity contribution in [3.05, 3.63) is 53.0 Å². The normalized spacial score (nSPS) is 14.3. The number of amides is 2. The Kier molecular flexibility index (Phi) is 6.04. The topological polar surface area (TPSA) is 70.2 Å². The van der Waals surface area contributed by atoms with Crippen LogP contribution in [-0.2, 0) is 11.6 Å². The molecule has 0 aliphatic carbocycles. The first-order chi connectivity index (χ1) is 15.5. The van der Waals surface area contributed by atoms with Gasteiger partial charge in [-0.1, -0.05) is 32.9 Å². The minimum Gasteiger partial charge on any atom is -0.382 e. The van der Waals surface area contributed by atoms with Crippen molar-refractivity contribution in [1.29, 1.82) is 0 Å². The van der Waals surface area contributed by atoms with E-state index in [1.165, 1.54) is 22.3 Å². The van der Waals surface area contributed by atoms with Crippen LogP contribution in [0.15, 0.2) is 41.8 Å². The second-order valence-corrected chi connectivity index (χ2v) is 9.65.